The Labute approximate surface area is 83.2 Å². The van der Waals surface area contributed by atoms with Crippen molar-refractivity contribution in [3.63, 3.8) is 0 Å². The van der Waals surface area contributed by atoms with Crippen molar-refractivity contribution in [2.45, 2.75) is 18.9 Å². The van der Waals surface area contributed by atoms with Gasteiger partial charge in [0.2, 0.25) is 0 Å². The minimum atomic E-state index is -0.229. The zero-order valence-electron chi connectivity index (χ0n) is 7.98. The van der Waals surface area contributed by atoms with E-state index < -0.39 is 0 Å². The first-order valence-electron chi connectivity index (χ1n) is 4.89. The molecule has 76 valence electrons. The molecular formula is C10H15N3O. The number of hydrogen-bond acceptors (Lipinski definition) is 4. The number of aromatic nitrogens is 1. The second-order valence-electron chi connectivity index (χ2n) is 3.76. The Balaban J connectivity index is 1.82. The van der Waals surface area contributed by atoms with E-state index in [4.69, 9.17) is 5.73 Å². The summed E-state index contributed by atoms with van der Waals surface area (Å²) in [6, 6.07) is 3.60. The molecule has 0 spiro atoms. The summed E-state index contributed by atoms with van der Waals surface area (Å²) in [4.78, 5) is 3.95. The molecular weight excluding hydrogens is 178 g/mol. The van der Waals surface area contributed by atoms with Crippen LogP contribution in [0.5, 0.6) is 0 Å². The molecule has 0 amide bonds. The van der Waals surface area contributed by atoms with Gasteiger partial charge in [-0.05, 0) is 30.9 Å². The van der Waals surface area contributed by atoms with Gasteiger partial charge in [0.1, 0.15) is 5.82 Å². The molecule has 14 heavy (non-hydrogen) atoms. The van der Waals surface area contributed by atoms with Crippen molar-refractivity contribution in [2.24, 2.45) is 5.92 Å². The van der Waals surface area contributed by atoms with Crippen LogP contribution in [-0.4, -0.2) is 22.7 Å². The molecule has 1 unspecified atom stereocenters. The molecule has 0 bridgehead atoms. The van der Waals surface area contributed by atoms with Crippen LogP contribution in [0.3, 0.4) is 0 Å². The van der Waals surface area contributed by atoms with Crippen LogP contribution < -0.4 is 11.1 Å². The predicted molar refractivity (Wildman–Crippen MR) is 55.9 cm³/mol. The number of aliphatic hydroxyl groups is 1. The lowest BCUT2D eigenvalue weighted by Gasteiger charge is -2.11. The molecule has 1 fully saturated rings. The van der Waals surface area contributed by atoms with E-state index in [1.165, 1.54) is 0 Å². The number of aliphatic hydroxyl groups excluding tert-OH is 1. The Morgan fingerprint density at radius 1 is 1.57 bits per heavy atom. The summed E-state index contributed by atoms with van der Waals surface area (Å²) in [5, 5.41) is 12.7. The van der Waals surface area contributed by atoms with Gasteiger partial charge >= 0.3 is 0 Å². The molecule has 0 aliphatic heterocycles. The van der Waals surface area contributed by atoms with Gasteiger partial charge in [-0.15, -0.1) is 0 Å². The largest absolute Gasteiger partial charge is 0.391 e. The lowest BCUT2D eigenvalue weighted by atomic mass is 10.2. The highest BCUT2D eigenvalue weighted by Crippen LogP contribution is 2.32. The molecule has 4 nitrogen and oxygen atoms in total. The van der Waals surface area contributed by atoms with Crippen molar-refractivity contribution in [1.29, 1.82) is 0 Å². The van der Waals surface area contributed by atoms with Crippen LogP contribution in [0.25, 0.3) is 0 Å². The van der Waals surface area contributed by atoms with E-state index in [0.29, 0.717) is 18.3 Å². The standard InChI is InChI=1S/C10H15N3O/c11-10-4-3-8(5-13-10)12-6-9(14)7-1-2-7/h3-5,7,9,12,14H,1-2,6H2,(H2,11,13). The summed E-state index contributed by atoms with van der Waals surface area (Å²) in [5.41, 5.74) is 6.35. The van der Waals surface area contributed by atoms with Gasteiger partial charge in [0.25, 0.3) is 0 Å². The highest BCUT2D eigenvalue weighted by atomic mass is 16.3. The fourth-order valence-electron chi connectivity index (χ4n) is 1.38. The fraction of sp³-hybridized carbons (Fsp3) is 0.500. The summed E-state index contributed by atoms with van der Waals surface area (Å²) >= 11 is 0. The molecule has 0 radical (unpaired) electrons. The molecule has 2 rings (SSSR count). The number of pyridine rings is 1. The first kappa shape index (κ1) is 9.27. The monoisotopic (exact) mass is 193 g/mol. The van der Waals surface area contributed by atoms with E-state index in [9.17, 15) is 5.11 Å². The van der Waals surface area contributed by atoms with Crippen molar-refractivity contribution < 1.29 is 5.11 Å². The normalized spacial score (nSPS) is 17.8. The maximum absolute atomic E-state index is 9.60. The molecule has 1 aromatic rings. The Hall–Kier alpha value is -1.29. The quantitative estimate of drug-likeness (QED) is 0.663. The molecule has 1 atom stereocenters. The molecule has 1 heterocycles. The Bertz CT molecular complexity index is 295. The van der Waals surface area contributed by atoms with Crippen LogP contribution in [0.4, 0.5) is 11.5 Å². The smallest absolute Gasteiger partial charge is 0.123 e. The molecule has 1 aromatic heterocycles. The zero-order valence-corrected chi connectivity index (χ0v) is 7.98. The van der Waals surface area contributed by atoms with Gasteiger partial charge < -0.3 is 16.2 Å². The van der Waals surface area contributed by atoms with Crippen LogP contribution in [0.2, 0.25) is 0 Å². The van der Waals surface area contributed by atoms with E-state index in [1.807, 2.05) is 6.07 Å². The van der Waals surface area contributed by atoms with Crippen LogP contribution in [-0.2, 0) is 0 Å². The molecule has 1 aliphatic carbocycles. The lowest BCUT2D eigenvalue weighted by Crippen LogP contribution is -2.21. The van der Waals surface area contributed by atoms with Gasteiger partial charge in [0.15, 0.2) is 0 Å². The van der Waals surface area contributed by atoms with Gasteiger partial charge in [-0.25, -0.2) is 4.98 Å². The molecule has 4 N–H and O–H groups in total. The number of nitrogens with zero attached hydrogens (tertiary/aromatic N) is 1. The number of nitrogen functional groups attached to an aromatic ring is 1. The van der Waals surface area contributed by atoms with E-state index >= 15 is 0 Å². The SMILES string of the molecule is Nc1ccc(NCC(O)C2CC2)cn1. The number of hydrogen-bond donors (Lipinski definition) is 3. The van der Waals surface area contributed by atoms with Crippen molar-refractivity contribution in [2.75, 3.05) is 17.6 Å². The van der Waals surface area contributed by atoms with E-state index in [1.54, 1.807) is 12.3 Å². The summed E-state index contributed by atoms with van der Waals surface area (Å²) in [5.74, 6) is 1.02. The minimum absolute atomic E-state index is 0.229. The molecule has 0 aromatic carbocycles. The van der Waals surface area contributed by atoms with Gasteiger partial charge in [0, 0.05) is 6.54 Å². The number of rotatable bonds is 4. The highest BCUT2D eigenvalue weighted by Gasteiger charge is 2.29. The van der Waals surface area contributed by atoms with Crippen LogP contribution in [0.1, 0.15) is 12.8 Å². The summed E-state index contributed by atoms with van der Waals surface area (Å²) in [6.07, 6.45) is 3.76. The molecule has 1 saturated carbocycles. The average molecular weight is 193 g/mol. The van der Waals surface area contributed by atoms with Crippen molar-refractivity contribution in [1.82, 2.24) is 4.98 Å². The van der Waals surface area contributed by atoms with Crippen molar-refractivity contribution in [3.05, 3.63) is 18.3 Å². The fourth-order valence-corrected chi connectivity index (χ4v) is 1.38. The van der Waals surface area contributed by atoms with E-state index in [2.05, 4.69) is 10.3 Å². The highest BCUT2D eigenvalue weighted by molar-refractivity contribution is 5.45. The number of nitrogens with two attached hydrogens (primary N) is 1. The van der Waals surface area contributed by atoms with Crippen LogP contribution in [0.15, 0.2) is 18.3 Å². The molecule has 1 aliphatic rings. The Morgan fingerprint density at radius 3 is 2.93 bits per heavy atom. The topological polar surface area (TPSA) is 71.2 Å². The molecule has 4 heteroatoms. The Kier molecular flexibility index (Phi) is 2.54. The van der Waals surface area contributed by atoms with Crippen molar-refractivity contribution >= 4 is 11.5 Å². The third-order valence-corrected chi connectivity index (χ3v) is 2.47. The van der Waals surface area contributed by atoms with Gasteiger partial charge in [-0.3, -0.25) is 0 Å². The third-order valence-electron chi connectivity index (χ3n) is 2.47. The maximum atomic E-state index is 9.60. The first-order valence-corrected chi connectivity index (χ1v) is 4.89. The van der Waals surface area contributed by atoms with Gasteiger partial charge in [0.05, 0.1) is 18.0 Å². The van der Waals surface area contributed by atoms with E-state index in [-0.39, 0.29) is 6.10 Å². The average Bonchev–Trinajstić information content (AvgIpc) is 3.00. The number of anilines is 2. The summed E-state index contributed by atoms with van der Waals surface area (Å²) < 4.78 is 0. The third kappa shape index (κ3) is 2.35. The van der Waals surface area contributed by atoms with E-state index in [0.717, 1.165) is 18.5 Å². The zero-order chi connectivity index (χ0) is 9.97. The van der Waals surface area contributed by atoms with Gasteiger partial charge in [-0.1, -0.05) is 0 Å². The maximum Gasteiger partial charge on any atom is 0.123 e. The Morgan fingerprint density at radius 2 is 2.36 bits per heavy atom. The predicted octanol–water partition coefficient (Wildman–Crippen LogP) is 0.847. The summed E-state index contributed by atoms with van der Waals surface area (Å²) in [6.45, 7) is 0.594. The minimum Gasteiger partial charge on any atom is -0.391 e. The second-order valence-corrected chi connectivity index (χ2v) is 3.76. The summed E-state index contributed by atoms with van der Waals surface area (Å²) in [7, 11) is 0. The first-order chi connectivity index (χ1) is 6.75. The number of nitrogens with one attached hydrogen (secondary N) is 1. The molecule has 0 saturated heterocycles. The van der Waals surface area contributed by atoms with Crippen LogP contribution in [0, 0.1) is 5.92 Å². The lowest BCUT2D eigenvalue weighted by molar-refractivity contribution is 0.164. The van der Waals surface area contributed by atoms with Crippen molar-refractivity contribution in [3.8, 4) is 0 Å². The van der Waals surface area contributed by atoms with Crippen LogP contribution >= 0.6 is 0 Å². The second kappa shape index (κ2) is 3.84. The van der Waals surface area contributed by atoms with Gasteiger partial charge in [-0.2, -0.15) is 0 Å².